The maximum Gasteiger partial charge on any atom is 0.261 e. The first-order chi connectivity index (χ1) is 21.5. The van der Waals surface area contributed by atoms with Gasteiger partial charge in [0, 0.05) is 40.5 Å². The van der Waals surface area contributed by atoms with Crippen LogP contribution in [0.15, 0.2) is 66.7 Å². The van der Waals surface area contributed by atoms with Crippen molar-refractivity contribution >= 4 is 37.4 Å². The van der Waals surface area contributed by atoms with E-state index in [-0.39, 0.29) is 36.8 Å². The second-order valence-corrected chi connectivity index (χ2v) is 16.8. The summed E-state index contributed by atoms with van der Waals surface area (Å²) in [6.07, 6.45) is -0.220. The first kappa shape index (κ1) is 31.0. The molecule has 4 N–H and O–H groups in total. The molecule has 3 aliphatic rings. The minimum atomic E-state index is -2.99. The Balaban J connectivity index is 1.29. The van der Waals surface area contributed by atoms with Gasteiger partial charge in [0.2, 0.25) is 5.91 Å². The summed E-state index contributed by atoms with van der Waals surface area (Å²) < 4.78 is 11.9. The fraction of sp³-hybridized carbons (Fsp3) is 0.382. The summed E-state index contributed by atoms with van der Waals surface area (Å²) in [4.78, 5) is 54.0. The number of anilines is 2. The van der Waals surface area contributed by atoms with E-state index in [0.29, 0.717) is 41.2 Å². The van der Waals surface area contributed by atoms with Gasteiger partial charge >= 0.3 is 0 Å². The Kier molecular flexibility index (Phi) is 8.06. The highest BCUT2D eigenvalue weighted by atomic mass is 28.4. The molecular weight excluding hydrogens is 590 g/mol. The number of nitrogens with one attached hydrogen (secondary N) is 2. The largest absolute Gasteiger partial charge is 0.497 e. The lowest BCUT2D eigenvalue weighted by molar-refractivity contribution is -0.149. The number of fused-ring (bicyclic) bond motifs is 3. The number of aliphatic hydroxyl groups is 1. The van der Waals surface area contributed by atoms with E-state index < -0.39 is 31.5 Å². The number of nitrogens with zero attached hydrogens (tertiary/aromatic N) is 1. The van der Waals surface area contributed by atoms with E-state index in [1.807, 2.05) is 31.2 Å². The van der Waals surface area contributed by atoms with Gasteiger partial charge in [0.1, 0.15) is 5.75 Å². The number of benzene rings is 3. The fourth-order valence-corrected chi connectivity index (χ4v) is 10.0. The summed E-state index contributed by atoms with van der Waals surface area (Å²) in [6, 6.07) is 19.5. The first-order valence-corrected chi connectivity index (χ1v) is 18.3. The molecule has 1 fully saturated rings. The van der Waals surface area contributed by atoms with Crippen LogP contribution in [0.5, 0.6) is 5.75 Å². The van der Waals surface area contributed by atoms with Gasteiger partial charge in [-0.25, -0.2) is 0 Å². The molecule has 0 saturated carbocycles. The number of aliphatic hydroxyl groups excluding tert-OH is 1. The van der Waals surface area contributed by atoms with Gasteiger partial charge in [-0.05, 0) is 73.1 Å². The Bertz CT molecular complexity index is 1640. The minimum Gasteiger partial charge on any atom is -0.497 e. The number of hydrogen-bond acceptors (Lipinski definition) is 7. The lowest BCUT2D eigenvalue weighted by atomic mass is 9.82. The number of rotatable bonds is 7. The predicted octanol–water partition coefficient (Wildman–Crippen LogP) is 4.03. The highest BCUT2D eigenvalue weighted by Gasteiger charge is 2.65. The number of hydrogen-bond donors (Lipinski definition) is 4. The van der Waals surface area contributed by atoms with Gasteiger partial charge < -0.3 is 34.9 Å². The molecule has 0 aromatic heterocycles. The molecule has 3 aromatic rings. The lowest BCUT2D eigenvalue weighted by Crippen LogP contribution is -2.48. The smallest absolute Gasteiger partial charge is 0.261 e. The van der Waals surface area contributed by atoms with Crippen LogP contribution in [0.1, 0.15) is 40.4 Å². The van der Waals surface area contributed by atoms with Gasteiger partial charge in [-0.2, -0.15) is 0 Å². The summed E-state index contributed by atoms with van der Waals surface area (Å²) in [5.74, 6) is -0.706. The summed E-state index contributed by atoms with van der Waals surface area (Å²) in [5.41, 5.74) is 2.30. The monoisotopic (exact) mass is 629 g/mol. The summed E-state index contributed by atoms with van der Waals surface area (Å²) in [6.45, 7) is 5.71. The lowest BCUT2D eigenvalue weighted by Gasteiger charge is -2.37. The molecule has 1 saturated heterocycles. The van der Waals surface area contributed by atoms with Crippen molar-refractivity contribution in [1.82, 2.24) is 4.90 Å². The molecule has 10 nitrogen and oxygen atoms in total. The second-order valence-electron chi connectivity index (χ2n) is 12.8. The molecule has 3 aliphatic heterocycles. The molecule has 11 heteroatoms. The van der Waals surface area contributed by atoms with Gasteiger partial charge in [-0.15, -0.1) is 0 Å². The molecule has 0 bridgehead atoms. The van der Waals surface area contributed by atoms with E-state index in [9.17, 15) is 24.3 Å². The molecular formula is C34H39N3O7Si. The third-order valence-electron chi connectivity index (χ3n) is 9.61. The Labute approximate surface area is 263 Å². The highest BCUT2D eigenvalue weighted by molar-refractivity contribution is 6.71. The molecule has 6 rings (SSSR count). The third-order valence-corrected chi connectivity index (χ3v) is 12.1. The number of carbonyl (C=O) groups is 3. The van der Waals surface area contributed by atoms with Crippen molar-refractivity contribution in [2.45, 2.75) is 62.7 Å². The highest BCUT2D eigenvalue weighted by Crippen LogP contribution is 2.58. The SMILES string of the molecule is COc1ccc(C(=O)Nc2ccc3c(c2)[C@]2(O[C@@H](CC(=O)N4Cc5ccccc5C[C@H]4CO)[C@H]([Si](C)(C)O)[C@H]2C)C(=O)N3)cc1. The standard InChI is InChI=1S/C34H39N3O7Si/c1-20-31(45(3,4)42)29(17-30(39)37-18-23-8-6-5-7-22(23)15-25(37)19-38)44-34(20)27-16-24(11-14-28(27)36-33(34)41)35-32(40)21-9-12-26(43-2)13-10-21/h5-14,16,20,25,29,31,38,42H,15,17-19H2,1-4H3,(H,35,40)(H,36,41)/t20-,25+,29+,31-,34+/m1/s1. The van der Waals surface area contributed by atoms with E-state index in [0.717, 1.165) is 11.1 Å². The van der Waals surface area contributed by atoms with Crippen LogP contribution in [0.25, 0.3) is 0 Å². The zero-order chi connectivity index (χ0) is 32.1. The van der Waals surface area contributed by atoms with E-state index >= 15 is 0 Å². The number of ether oxygens (including phenoxy) is 2. The molecule has 0 aliphatic carbocycles. The number of amides is 3. The maximum absolute atomic E-state index is 13.9. The second kappa shape index (κ2) is 11.7. The molecule has 0 unspecified atom stereocenters. The van der Waals surface area contributed by atoms with Gasteiger partial charge in [-0.1, -0.05) is 31.2 Å². The van der Waals surface area contributed by atoms with E-state index in [1.54, 1.807) is 67.6 Å². The molecule has 1 spiro atoms. The van der Waals surface area contributed by atoms with Crippen molar-refractivity contribution in [2.24, 2.45) is 5.92 Å². The van der Waals surface area contributed by atoms with Crippen molar-refractivity contribution in [3.05, 3.63) is 89.0 Å². The van der Waals surface area contributed by atoms with Crippen LogP contribution in [-0.4, -0.2) is 66.7 Å². The van der Waals surface area contributed by atoms with Crippen molar-refractivity contribution in [3.63, 3.8) is 0 Å². The Hall–Kier alpha value is -4.03. The topological polar surface area (TPSA) is 137 Å². The maximum atomic E-state index is 13.9. The van der Waals surface area contributed by atoms with Crippen LogP contribution in [0.3, 0.4) is 0 Å². The number of carbonyl (C=O) groups excluding carboxylic acids is 3. The van der Waals surface area contributed by atoms with Crippen molar-refractivity contribution < 1.29 is 33.8 Å². The summed E-state index contributed by atoms with van der Waals surface area (Å²) in [5, 5.41) is 16.0. The van der Waals surface area contributed by atoms with Crippen LogP contribution in [0, 0.1) is 5.92 Å². The first-order valence-electron chi connectivity index (χ1n) is 15.2. The Morgan fingerprint density at radius 1 is 1.11 bits per heavy atom. The molecule has 5 atom stereocenters. The minimum absolute atomic E-state index is 0.0388. The van der Waals surface area contributed by atoms with Crippen LogP contribution < -0.4 is 15.4 Å². The summed E-state index contributed by atoms with van der Waals surface area (Å²) in [7, 11) is -1.43. The van der Waals surface area contributed by atoms with E-state index in [4.69, 9.17) is 9.47 Å². The van der Waals surface area contributed by atoms with Crippen molar-refractivity contribution in [3.8, 4) is 5.75 Å². The normalized spacial score (nSPS) is 25.5. The third kappa shape index (κ3) is 5.43. The molecule has 45 heavy (non-hydrogen) atoms. The molecule has 236 valence electrons. The van der Waals surface area contributed by atoms with Crippen LogP contribution >= 0.6 is 0 Å². The van der Waals surface area contributed by atoms with Gasteiger partial charge in [0.05, 0.1) is 32.3 Å². The van der Waals surface area contributed by atoms with Gasteiger partial charge in [-0.3, -0.25) is 14.4 Å². The zero-order valence-electron chi connectivity index (χ0n) is 25.9. The molecule has 3 heterocycles. The summed E-state index contributed by atoms with van der Waals surface area (Å²) >= 11 is 0. The van der Waals surface area contributed by atoms with Crippen LogP contribution in [0.2, 0.25) is 18.6 Å². The van der Waals surface area contributed by atoms with Crippen LogP contribution in [0.4, 0.5) is 11.4 Å². The zero-order valence-corrected chi connectivity index (χ0v) is 26.9. The average Bonchev–Trinajstić information content (AvgIpc) is 3.48. The van der Waals surface area contributed by atoms with Crippen LogP contribution in [-0.2, 0) is 32.9 Å². The average molecular weight is 630 g/mol. The Morgan fingerprint density at radius 2 is 1.82 bits per heavy atom. The van der Waals surface area contributed by atoms with Crippen molar-refractivity contribution in [2.75, 3.05) is 24.4 Å². The molecule has 0 radical (unpaired) electrons. The fourth-order valence-electron chi connectivity index (χ4n) is 7.45. The Morgan fingerprint density at radius 3 is 2.49 bits per heavy atom. The number of methoxy groups -OCH3 is 1. The van der Waals surface area contributed by atoms with Gasteiger partial charge in [0.15, 0.2) is 13.9 Å². The molecule has 3 aromatic carbocycles. The van der Waals surface area contributed by atoms with Gasteiger partial charge in [0.25, 0.3) is 11.8 Å². The molecule has 3 amide bonds. The predicted molar refractivity (Wildman–Crippen MR) is 171 cm³/mol. The van der Waals surface area contributed by atoms with Crippen molar-refractivity contribution in [1.29, 1.82) is 0 Å². The van der Waals surface area contributed by atoms with E-state index in [2.05, 4.69) is 10.6 Å². The quantitative estimate of drug-likeness (QED) is 0.290. The van der Waals surface area contributed by atoms with E-state index in [1.165, 1.54) is 0 Å².